The van der Waals surface area contributed by atoms with Crippen LogP contribution in [0.25, 0.3) is 55.3 Å². The summed E-state index contributed by atoms with van der Waals surface area (Å²) in [7, 11) is 0. The normalized spacial score (nSPS) is 14.0. The molecule has 0 heterocycles. The molecule has 0 amide bonds. The van der Waals surface area contributed by atoms with Crippen molar-refractivity contribution in [2.24, 2.45) is 0 Å². The van der Waals surface area contributed by atoms with Gasteiger partial charge in [0.25, 0.3) is 0 Å². The first-order chi connectivity index (χ1) is 33.3. The first-order valence-electron chi connectivity index (χ1n) is 23.2. The van der Waals surface area contributed by atoms with E-state index in [0.29, 0.717) is 0 Å². The van der Waals surface area contributed by atoms with E-state index in [1.807, 2.05) is 0 Å². The highest BCUT2D eigenvalue weighted by Gasteiger charge is 2.52. The second kappa shape index (κ2) is 15.8. The summed E-state index contributed by atoms with van der Waals surface area (Å²) in [6.07, 6.45) is 0. The van der Waals surface area contributed by atoms with Crippen LogP contribution in [0.2, 0.25) is 0 Å². The zero-order valence-corrected chi connectivity index (χ0v) is 36.8. The molecule has 13 rings (SSSR count). The van der Waals surface area contributed by atoms with E-state index >= 15 is 0 Å². The molecule has 1 spiro atoms. The van der Waals surface area contributed by atoms with Crippen molar-refractivity contribution in [3.8, 4) is 44.5 Å². The highest BCUT2D eigenvalue weighted by Crippen LogP contribution is 2.64. The highest BCUT2D eigenvalue weighted by atomic mass is 15.2. The molecule has 2 aliphatic carbocycles. The monoisotopic (exact) mass is 852 g/mol. The number of hydrogen-bond donors (Lipinski definition) is 0. The van der Waals surface area contributed by atoms with Gasteiger partial charge in [-0.15, -0.1) is 0 Å². The van der Waals surface area contributed by atoms with Crippen molar-refractivity contribution in [1.82, 2.24) is 0 Å². The maximum Gasteiger partial charge on any atom is 0.0727 e. The minimum absolute atomic E-state index is 0.598. The summed E-state index contributed by atoms with van der Waals surface area (Å²) in [6, 6.07) is 98.1. The lowest BCUT2D eigenvalue weighted by atomic mass is 9.70. The van der Waals surface area contributed by atoms with Crippen LogP contribution in [0, 0.1) is 0 Å². The largest absolute Gasteiger partial charge is 0.310 e. The number of nitrogens with zero attached hydrogens (tertiary/aromatic N) is 2. The molecule has 2 nitrogen and oxygen atoms in total. The standard InChI is InChI=1S/C65H44N2/c1-5-21-45(22-6-1)52-30-17-20-36-62(52)66(48-26-9-3-10-27-48)50-38-40-56-54-32-15-18-34-58(54)65(60(56)43-50)59-35-19-16-33-55(59)57-41-39-51(44-61(57)65)67(49-28-11-4-12-29-49)63-42-37-46-23-13-14-31-53(46)64(63)47-24-7-2-8-25-47/h1-44H. The van der Waals surface area contributed by atoms with Crippen LogP contribution in [0.1, 0.15) is 22.3 Å². The van der Waals surface area contributed by atoms with Gasteiger partial charge in [-0.05, 0) is 127 Å². The van der Waals surface area contributed by atoms with Gasteiger partial charge in [-0.1, -0.05) is 206 Å². The minimum Gasteiger partial charge on any atom is -0.310 e. The fourth-order valence-corrected chi connectivity index (χ4v) is 11.3. The Morgan fingerprint density at radius 1 is 0.254 bits per heavy atom. The van der Waals surface area contributed by atoms with Crippen LogP contribution in [0.15, 0.2) is 267 Å². The highest BCUT2D eigenvalue weighted by molar-refractivity contribution is 6.06. The first kappa shape index (κ1) is 38.7. The Kier molecular flexibility index (Phi) is 9.11. The molecule has 2 heteroatoms. The zero-order valence-electron chi connectivity index (χ0n) is 36.8. The van der Waals surface area contributed by atoms with E-state index in [4.69, 9.17) is 0 Å². The lowest BCUT2D eigenvalue weighted by molar-refractivity contribution is 0.793. The summed E-state index contributed by atoms with van der Waals surface area (Å²) < 4.78 is 0. The van der Waals surface area contributed by atoms with Crippen LogP contribution in [-0.4, -0.2) is 0 Å². The lowest BCUT2D eigenvalue weighted by Crippen LogP contribution is -2.26. The van der Waals surface area contributed by atoms with Gasteiger partial charge in [0.1, 0.15) is 0 Å². The van der Waals surface area contributed by atoms with E-state index in [9.17, 15) is 0 Å². The lowest BCUT2D eigenvalue weighted by Gasteiger charge is -2.34. The summed E-state index contributed by atoms with van der Waals surface area (Å²) in [5.41, 5.74) is 21.1. The van der Waals surface area contributed by atoms with E-state index in [2.05, 4.69) is 277 Å². The summed E-state index contributed by atoms with van der Waals surface area (Å²) >= 11 is 0. The van der Waals surface area contributed by atoms with Crippen LogP contribution >= 0.6 is 0 Å². The second-order valence-electron chi connectivity index (χ2n) is 17.6. The van der Waals surface area contributed by atoms with Crippen LogP contribution < -0.4 is 9.80 Å². The Labute approximate surface area is 391 Å². The molecule has 0 bridgehead atoms. The van der Waals surface area contributed by atoms with Gasteiger partial charge in [-0.2, -0.15) is 0 Å². The molecule has 0 saturated heterocycles. The van der Waals surface area contributed by atoms with Gasteiger partial charge in [0.15, 0.2) is 0 Å². The van der Waals surface area contributed by atoms with Crippen LogP contribution in [0.3, 0.4) is 0 Å². The predicted molar refractivity (Wildman–Crippen MR) is 280 cm³/mol. The summed E-state index contributed by atoms with van der Waals surface area (Å²) in [5.74, 6) is 0. The molecule has 0 saturated carbocycles. The quantitative estimate of drug-likeness (QED) is 0.150. The Balaban J connectivity index is 1.08. The Morgan fingerprint density at radius 3 is 1.27 bits per heavy atom. The van der Waals surface area contributed by atoms with Crippen molar-refractivity contribution in [2.45, 2.75) is 5.41 Å². The van der Waals surface area contributed by atoms with Crippen LogP contribution in [-0.2, 0) is 5.41 Å². The molecule has 2 aliphatic rings. The van der Waals surface area contributed by atoms with Crippen LogP contribution in [0.5, 0.6) is 0 Å². The van der Waals surface area contributed by atoms with E-state index in [1.165, 1.54) is 77.5 Å². The Bertz CT molecular complexity index is 3630. The van der Waals surface area contributed by atoms with Crippen molar-refractivity contribution in [2.75, 3.05) is 9.80 Å². The van der Waals surface area contributed by atoms with Crippen LogP contribution in [0.4, 0.5) is 34.1 Å². The minimum atomic E-state index is -0.598. The molecule has 0 N–H and O–H groups in total. The third kappa shape index (κ3) is 6.04. The van der Waals surface area contributed by atoms with E-state index in [-0.39, 0.29) is 0 Å². The van der Waals surface area contributed by atoms with E-state index in [0.717, 1.165) is 34.1 Å². The van der Waals surface area contributed by atoms with Gasteiger partial charge in [0.2, 0.25) is 0 Å². The van der Waals surface area contributed by atoms with Gasteiger partial charge >= 0.3 is 0 Å². The first-order valence-corrected chi connectivity index (χ1v) is 23.2. The molecule has 0 radical (unpaired) electrons. The smallest absolute Gasteiger partial charge is 0.0727 e. The number of hydrogen-bond acceptors (Lipinski definition) is 2. The molecule has 0 aromatic heterocycles. The van der Waals surface area contributed by atoms with Crippen molar-refractivity contribution in [3.05, 3.63) is 289 Å². The third-order valence-corrected chi connectivity index (χ3v) is 14.0. The maximum absolute atomic E-state index is 2.50. The predicted octanol–water partition coefficient (Wildman–Crippen LogP) is 17.5. The van der Waals surface area contributed by atoms with Crippen molar-refractivity contribution < 1.29 is 0 Å². The number of fused-ring (bicyclic) bond motifs is 11. The number of para-hydroxylation sites is 3. The van der Waals surface area contributed by atoms with Gasteiger partial charge in [0, 0.05) is 33.9 Å². The van der Waals surface area contributed by atoms with E-state index < -0.39 is 5.41 Å². The average molecular weight is 853 g/mol. The number of anilines is 6. The Morgan fingerprint density at radius 2 is 0.687 bits per heavy atom. The van der Waals surface area contributed by atoms with Crippen molar-refractivity contribution in [3.63, 3.8) is 0 Å². The number of rotatable bonds is 8. The van der Waals surface area contributed by atoms with Gasteiger partial charge in [-0.3, -0.25) is 0 Å². The Hall–Kier alpha value is -8.72. The van der Waals surface area contributed by atoms with Crippen molar-refractivity contribution >= 4 is 44.9 Å². The SMILES string of the molecule is c1ccc(-c2ccccc2N(c2ccccc2)c2ccc3c(c2)C2(c4ccccc4-3)c3ccccc3-c3ccc(N(c4ccccc4)c4ccc5ccccc5c4-c4ccccc4)cc32)cc1. The van der Waals surface area contributed by atoms with E-state index in [1.54, 1.807) is 0 Å². The van der Waals surface area contributed by atoms with Gasteiger partial charge < -0.3 is 9.80 Å². The molecule has 1 unspecified atom stereocenters. The third-order valence-electron chi connectivity index (χ3n) is 14.0. The molecular formula is C65H44N2. The molecule has 67 heavy (non-hydrogen) atoms. The topological polar surface area (TPSA) is 6.48 Å². The maximum atomic E-state index is 2.50. The molecular weight excluding hydrogens is 809 g/mol. The molecule has 314 valence electrons. The summed E-state index contributed by atoms with van der Waals surface area (Å²) in [4.78, 5) is 4.92. The fraction of sp³-hybridized carbons (Fsp3) is 0.0154. The molecule has 1 atom stereocenters. The average Bonchev–Trinajstić information content (AvgIpc) is 3.87. The second-order valence-corrected chi connectivity index (χ2v) is 17.6. The summed E-state index contributed by atoms with van der Waals surface area (Å²) in [6.45, 7) is 0. The van der Waals surface area contributed by atoms with Gasteiger partial charge in [0.05, 0.1) is 16.8 Å². The number of benzene rings is 11. The van der Waals surface area contributed by atoms with Gasteiger partial charge in [-0.25, -0.2) is 0 Å². The fourth-order valence-electron chi connectivity index (χ4n) is 11.3. The molecule has 11 aromatic rings. The molecule has 11 aromatic carbocycles. The zero-order chi connectivity index (χ0) is 44.3. The molecule has 0 aliphatic heterocycles. The summed E-state index contributed by atoms with van der Waals surface area (Å²) in [5, 5.41) is 2.44. The molecule has 0 fully saturated rings. The van der Waals surface area contributed by atoms with Crippen molar-refractivity contribution in [1.29, 1.82) is 0 Å².